The molecule has 0 spiro atoms. The van der Waals surface area contributed by atoms with Crippen molar-refractivity contribution in [3.05, 3.63) is 42.2 Å². The van der Waals surface area contributed by atoms with E-state index in [-0.39, 0.29) is 11.6 Å². The second kappa shape index (κ2) is 3.90. The Morgan fingerprint density at radius 3 is 2.92 bits per heavy atom. The summed E-state index contributed by atoms with van der Waals surface area (Å²) in [6.45, 7) is 5.69. The highest BCUT2D eigenvalue weighted by Gasteiger charge is 2.05. The van der Waals surface area contributed by atoms with Gasteiger partial charge in [0.05, 0.1) is 6.61 Å². The molecule has 0 bridgehead atoms. The predicted molar refractivity (Wildman–Crippen MR) is 45.5 cm³/mol. The minimum atomic E-state index is -0.370. The van der Waals surface area contributed by atoms with E-state index < -0.39 is 0 Å². The summed E-state index contributed by atoms with van der Waals surface area (Å²) in [5, 5.41) is 0. The summed E-state index contributed by atoms with van der Waals surface area (Å²) in [5.74, 6) is -0.138. The molecule has 0 saturated carbocycles. The number of benzene rings is 1. The van der Waals surface area contributed by atoms with Crippen LogP contribution in [0.15, 0.2) is 24.8 Å². The highest BCUT2D eigenvalue weighted by atomic mass is 19.1. The lowest BCUT2D eigenvalue weighted by molar-refractivity contribution is 0.320. The first-order valence-electron chi connectivity index (χ1n) is 3.74. The normalized spacial score (nSPS) is 9.50. The van der Waals surface area contributed by atoms with Crippen LogP contribution in [0.1, 0.15) is 12.5 Å². The average Bonchev–Trinajstić information content (AvgIpc) is 2.09. The van der Waals surface area contributed by atoms with Crippen LogP contribution in [-0.2, 0) is 0 Å². The zero-order chi connectivity index (χ0) is 8.97. The van der Waals surface area contributed by atoms with Crippen LogP contribution in [-0.4, -0.2) is 6.61 Å². The van der Waals surface area contributed by atoms with Gasteiger partial charge in [0.2, 0.25) is 0 Å². The molecule has 0 N–H and O–H groups in total. The van der Waals surface area contributed by atoms with Gasteiger partial charge in [-0.2, -0.15) is 0 Å². The maximum Gasteiger partial charge on any atom is 0.165 e. The Kier molecular flexibility index (Phi) is 2.86. The number of ether oxygens (including phenoxy) is 1. The summed E-state index contributed by atoms with van der Waals surface area (Å²) in [7, 11) is 0. The van der Waals surface area contributed by atoms with Crippen LogP contribution >= 0.6 is 0 Å². The highest BCUT2D eigenvalue weighted by molar-refractivity contribution is 5.38. The number of hydrogen-bond acceptors (Lipinski definition) is 1. The van der Waals surface area contributed by atoms with E-state index >= 15 is 0 Å². The Hall–Kier alpha value is -1.31. The van der Waals surface area contributed by atoms with Crippen molar-refractivity contribution < 1.29 is 9.13 Å². The van der Waals surface area contributed by atoms with E-state index in [0.717, 1.165) is 0 Å². The van der Waals surface area contributed by atoms with E-state index in [1.807, 2.05) is 0 Å². The summed E-state index contributed by atoms with van der Waals surface area (Å²) in [5.41, 5.74) is 0.567. The first-order valence-corrected chi connectivity index (χ1v) is 3.74. The van der Waals surface area contributed by atoms with Gasteiger partial charge in [0.25, 0.3) is 0 Å². The lowest BCUT2D eigenvalue weighted by Crippen LogP contribution is -1.96. The van der Waals surface area contributed by atoms with E-state index in [4.69, 9.17) is 4.74 Å². The van der Waals surface area contributed by atoms with Crippen LogP contribution in [0.2, 0.25) is 0 Å². The molecule has 0 heterocycles. The highest BCUT2D eigenvalue weighted by Crippen LogP contribution is 2.22. The van der Waals surface area contributed by atoms with Crippen molar-refractivity contribution in [1.82, 2.24) is 0 Å². The molecule has 0 aliphatic heterocycles. The maximum absolute atomic E-state index is 13.0. The van der Waals surface area contributed by atoms with Crippen LogP contribution in [0.25, 0.3) is 0 Å². The van der Waals surface area contributed by atoms with Crippen LogP contribution in [0, 0.1) is 11.9 Å². The fourth-order valence-electron chi connectivity index (χ4n) is 0.939. The third-order valence-electron chi connectivity index (χ3n) is 1.45. The third-order valence-corrected chi connectivity index (χ3v) is 1.45. The summed E-state index contributed by atoms with van der Waals surface area (Å²) in [4.78, 5) is 0. The van der Waals surface area contributed by atoms with Crippen LogP contribution in [0.5, 0.6) is 5.75 Å². The molecule has 12 heavy (non-hydrogen) atoms. The van der Waals surface area contributed by atoms with Gasteiger partial charge in [-0.1, -0.05) is 18.7 Å². The molecule has 1 rings (SSSR count). The van der Waals surface area contributed by atoms with Gasteiger partial charge < -0.3 is 4.74 Å². The molecule has 0 atom stereocenters. The summed E-state index contributed by atoms with van der Waals surface area (Å²) in [6, 6.07) is 4.66. The van der Waals surface area contributed by atoms with Crippen molar-refractivity contribution in [3.8, 4) is 5.75 Å². The minimum Gasteiger partial charge on any atom is -0.490 e. The number of hydrogen-bond donors (Lipinski definition) is 0. The van der Waals surface area contributed by atoms with Gasteiger partial charge in [-0.05, 0) is 19.1 Å². The molecule has 0 unspecified atom stereocenters. The minimum absolute atomic E-state index is 0.231. The van der Waals surface area contributed by atoms with Crippen LogP contribution in [0.3, 0.4) is 0 Å². The third kappa shape index (κ3) is 1.64. The molecule has 2 heteroatoms. The van der Waals surface area contributed by atoms with Gasteiger partial charge >= 0.3 is 0 Å². The van der Waals surface area contributed by atoms with Crippen molar-refractivity contribution in [3.63, 3.8) is 0 Å². The lowest BCUT2D eigenvalue weighted by atomic mass is 10.2. The summed E-state index contributed by atoms with van der Waals surface area (Å²) < 4.78 is 18.1. The topological polar surface area (TPSA) is 9.23 Å². The van der Waals surface area contributed by atoms with Gasteiger partial charge in [-0.15, -0.1) is 0 Å². The molecule has 1 aromatic carbocycles. The molecule has 0 amide bonds. The van der Waals surface area contributed by atoms with E-state index in [1.54, 1.807) is 19.1 Å². The standard InChI is InChI=1S/C10H10FO/c1-3-8-6-5-7-9(11)10(8)12-4-2/h5-7H,1,4H2,2H3. The molecule has 0 aliphatic carbocycles. The molecular formula is C10H10FO. The first kappa shape index (κ1) is 8.78. The molecule has 0 aliphatic rings. The Bertz CT molecular complexity index is 281. The number of para-hydroxylation sites is 1. The van der Waals surface area contributed by atoms with Gasteiger partial charge in [0.1, 0.15) is 0 Å². The Balaban J connectivity index is 3.10. The predicted octanol–water partition coefficient (Wildman–Crippen LogP) is 2.56. The molecule has 1 radical (unpaired) electrons. The lowest BCUT2D eigenvalue weighted by Gasteiger charge is -2.06. The van der Waals surface area contributed by atoms with Gasteiger partial charge in [-0.25, -0.2) is 4.39 Å². The molecule has 63 valence electrons. The fraction of sp³-hybridized carbons (Fsp3) is 0.200. The fourth-order valence-corrected chi connectivity index (χ4v) is 0.939. The second-order valence-corrected chi connectivity index (χ2v) is 2.23. The van der Waals surface area contributed by atoms with Gasteiger partial charge in [0, 0.05) is 5.56 Å². The van der Waals surface area contributed by atoms with E-state index in [9.17, 15) is 4.39 Å². The number of rotatable bonds is 3. The Morgan fingerprint density at radius 1 is 1.58 bits per heavy atom. The zero-order valence-corrected chi connectivity index (χ0v) is 6.93. The van der Waals surface area contributed by atoms with Crippen molar-refractivity contribution in [2.75, 3.05) is 6.61 Å². The Morgan fingerprint density at radius 2 is 2.33 bits per heavy atom. The smallest absolute Gasteiger partial charge is 0.165 e. The summed E-state index contributed by atoms with van der Waals surface area (Å²) in [6.07, 6.45) is 2.61. The van der Waals surface area contributed by atoms with E-state index in [0.29, 0.717) is 12.2 Å². The molecule has 0 fully saturated rings. The molecule has 0 saturated heterocycles. The zero-order valence-electron chi connectivity index (χ0n) is 6.93. The molecule has 1 aromatic rings. The van der Waals surface area contributed by atoms with E-state index in [1.165, 1.54) is 6.07 Å². The maximum atomic E-state index is 13.0. The van der Waals surface area contributed by atoms with Crippen molar-refractivity contribution in [2.24, 2.45) is 0 Å². The first-order chi connectivity index (χ1) is 5.79. The van der Waals surface area contributed by atoms with Crippen molar-refractivity contribution >= 4 is 0 Å². The van der Waals surface area contributed by atoms with Crippen molar-refractivity contribution in [2.45, 2.75) is 6.92 Å². The second-order valence-electron chi connectivity index (χ2n) is 2.23. The van der Waals surface area contributed by atoms with Crippen molar-refractivity contribution in [1.29, 1.82) is 0 Å². The molecule has 1 nitrogen and oxygen atoms in total. The largest absolute Gasteiger partial charge is 0.490 e. The Labute approximate surface area is 71.5 Å². The molecule has 0 aromatic heterocycles. The SMILES string of the molecule is C=[C]c1cccc(F)c1OCC. The monoisotopic (exact) mass is 165 g/mol. The average molecular weight is 165 g/mol. The van der Waals surface area contributed by atoms with Crippen LogP contribution < -0.4 is 4.74 Å². The van der Waals surface area contributed by atoms with Gasteiger partial charge in [0.15, 0.2) is 11.6 Å². The van der Waals surface area contributed by atoms with Crippen LogP contribution in [0.4, 0.5) is 4.39 Å². The van der Waals surface area contributed by atoms with Gasteiger partial charge in [-0.3, -0.25) is 0 Å². The quantitative estimate of drug-likeness (QED) is 0.668. The van der Waals surface area contributed by atoms with E-state index in [2.05, 4.69) is 12.7 Å². The molecular weight excluding hydrogens is 155 g/mol. The number of halogens is 1. The summed E-state index contributed by atoms with van der Waals surface area (Å²) >= 11 is 0.